The zero-order chi connectivity index (χ0) is 21.2. The summed E-state index contributed by atoms with van der Waals surface area (Å²) in [6, 6.07) is 9.40. The standard InChI is InChI=1S/C21H24F3N3O2/c1-12(28)20(29)27-11-14-4-6-15(7-5-14)16-8-9-17(26-10-13-2-3-13)19(25)18(16)21(22,23)24/h4-9,12-13,26,28H,2-3,10-11,25H2,1H3,(H,27,29). The molecule has 3 rings (SSSR count). The van der Waals surface area contributed by atoms with E-state index in [1.54, 1.807) is 30.3 Å². The van der Waals surface area contributed by atoms with E-state index in [9.17, 15) is 23.1 Å². The van der Waals surface area contributed by atoms with Crippen molar-refractivity contribution in [3.05, 3.63) is 47.5 Å². The van der Waals surface area contributed by atoms with Crippen LogP contribution >= 0.6 is 0 Å². The fourth-order valence-electron chi connectivity index (χ4n) is 3.03. The molecule has 8 heteroatoms. The summed E-state index contributed by atoms with van der Waals surface area (Å²) in [5.41, 5.74) is 6.13. The Bertz CT molecular complexity index is 876. The quantitative estimate of drug-likeness (QED) is 0.526. The van der Waals surface area contributed by atoms with Crippen LogP contribution in [0.1, 0.15) is 30.9 Å². The van der Waals surface area contributed by atoms with Crippen molar-refractivity contribution < 1.29 is 23.1 Å². The molecule has 1 atom stereocenters. The second-order valence-corrected chi connectivity index (χ2v) is 7.36. The van der Waals surface area contributed by atoms with Gasteiger partial charge in [0.05, 0.1) is 16.9 Å². The van der Waals surface area contributed by atoms with Crippen LogP contribution < -0.4 is 16.4 Å². The summed E-state index contributed by atoms with van der Waals surface area (Å²) in [5.74, 6) is -0.0132. The van der Waals surface area contributed by atoms with Gasteiger partial charge < -0.3 is 21.5 Å². The number of aliphatic hydroxyl groups excluding tert-OH is 1. The molecule has 2 aromatic rings. The maximum atomic E-state index is 13.8. The van der Waals surface area contributed by atoms with Crippen LogP contribution in [0.2, 0.25) is 0 Å². The van der Waals surface area contributed by atoms with Gasteiger partial charge in [0, 0.05) is 13.1 Å². The minimum Gasteiger partial charge on any atom is -0.397 e. The smallest absolute Gasteiger partial charge is 0.397 e. The van der Waals surface area contributed by atoms with E-state index in [0.717, 1.165) is 12.8 Å². The molecule has 0 saturated heterocycles. The third-order valence-corrected chi connectivity index (χ3v) is 4.92. The van der Waals surface area contributed by atoms with Gasteiger partial charge in [0.15, 0.2) is 0 Å². The lowest BCUT2D eigenvalue weighted by molar-refractivity contribution is -0.136. The highest BCUT2D eigenvalue weighted by Crippen LogP contribution is 2.44. The number of hydrogen-bond donors (Lipinski definition) is 4. The predicted molar refractivity (Wildman–Crippen MR) is 106 cm³/mol. The number of nitrogen functional groups attached to an aromatic ring is 1. The Morgan fingerprint density at radius 2 is 1.86 bits per heavy atom. The van der Waals surface area contributed by atoms with Gasteiger partial charge in [-0.2, -0.15) is 13.2 Å². The molecular weight excluding hydrogens is 383 g/mol. The lowest BCUT2D eigenvalue weighted by Crippen LogP contribution is -2.31. The normalized spacial score (nSPS) is 15.1. The molecule has 5 N–H and O–H groups in total. The van der Waals surface area contributed by atoms with E-state index < -0.39 is 23.8 Å². The molecule has 0 aliphatic heterocycles. The van der Waals surface area contributed by atoms with Crippen molar-refractivity contribution in [3.8, 4) is 11.1 Å². The Hall–Kier alpha value is -2.74. The number of aliphatic hydroxyl groups is 1. The maximum Gasteiger partial charge on any atom is 0.419 e. The van der Waals surface area contributed by atoms with E-state index in [4.69, 9.17) is 5.73 Å². The summed E-state index contributed by atoms with van der Waals surface area (Å²) >= 11 is 0. The molecule has 1 aliphatic carbocycles. The van der Waals surface area contributed by atoms with E-state index in [1.165, 1.54) is 13.0 Å². The van der Waals surface area contributed by atoms with E-state index in [1.807, 2.05) is 0 Å². The zero-order valence-electron chi connectivity index (χ0n) is 16.0. The van der Waals surface area contributed by atoms with Crippen LogP contribution in [0.4, 0.5) is 24.5 Å². The van der Waals surface area contributed by atoms with E-state index in [-0.39, 0.29) is 17.8 Å². The van der Waals surface area contributed by atoms with Crippen LogP contribution in [0.15, 0.2) is 36.4 Å². The number of alkyl halides is 3. The van der Waals surface area contributed by atoms with Gasteiger partial charge >= 0.3 is 6.18 Å². The summed E-state index contributed by atoms with van der Waals surface area (Å²) in [4.78, 5) is 11.4. The van der Waals surface area contributed by atoms with Crippen molar-refractivity contribution in [3.63, 3.8) is 0 Å². The first-order valence-electron chi connectivity index (χ1n) is 9.45. The third kappa shape index (κ3) is 5.20. The second-order valence-electron chi connectivity index (χ2n) is 7.36. The van der Waals surface area contributed by atoms with Crippen molar-refractivity contribution in [2.24, 2.45) is 5.92 Å². The molecule has 0 spiro atoms. The molecule has 1 amide bonds. The number of amides is 1. The average Bonchev–Trinajstić information content (AvgIpc) is 3.48. The van der Waals surface area contributed by atoms with Gasteiger partial charge in [-0.3, -0.25) is 4.79 Å². The Morgan fingerprint density at radius 1 is 1.21 bits per heavy atom. The molecule has 1 aliphatic rings. The van der Waals surface area contributed by atoms with Crippen molar-refractivity contribution in [2.45, 2.75) is 38.6 Å². The third-order valence-electron chi connectivity index (χ3n) is 4.92. The molecule has 5 nitrogen and oxygen atoms in total. The highest BCUT2D eigenvalue weighted by molar-refractivity contribution is 5.82. The first-order valence-corrected chi connectivity index (χ1v) is 9.45. The number of nitrogens with one attached hydrogen (secondary N) is 2. The molecule has 0 aromatic heterocycles. The summed E-state index contributed by atoms with van der Waals surface area (Å²) < 4.78 is 41.3. The van der Waals surface area contributed by atoms with Crippen molar-refractivity contribution in [1.29, 1.82) is 0 Å². The van der Waals surface area contributed by atoms with E-state index in [0.29, 0.717) is 29.3 Å². The Balaban J connectivity index is 1.85. The van der Waals surface area contributed by atoms with Gasteiger partial charge in [-0.15, -0.1) is 0 Å². The molecule has 1 saturated carbocycles. The molecule has 2 aromatic carbocycles. The minimum atomic E-state index is -4.60. The SMILES string of the molecule is CC(O)C(=O)NCc1ccc(-c2ccc(NCC3CC3)c(N)c2C(F)(F)F)cc1. The predicted octanol–water partition coefficient (Wildman–Crippen LogP) is 3.77. The Kier molecular flexibility index (Phi) is 6.02. The lowest BCUT2D eigenvalue weighted by Gasteiger charge is -2.19. The van der Waals surface area contributed by atoms with Gasteiger partial charge in [0.1, 0.15) is 6.10 Å². The van der Waals surface area contributed by atoms with Crippen molar-refractivity contribution in [2.75, 3.05) is 17.6 Å². The fourth-order valence-corrected chi connectivity index (χ4v) is 3.03. The zero-order valence-corrected chi connectivity index (χ0v) is 16.0. The fraction of sp³-hybridized carbons (Fsp3) is 0.381. The molecule has 29 heavy (non-hydrogen) atoms. The summed E-state index contributed by atoms with van der Waals surface area (Å²) in [6.07, 6.45) is -3.55. The van der Waals surface area contributed by atoms with E-state index >= 15 is 0 Å². The first kappa shape index (κ1) is 21.0. The number of anilines is 2. The Morgan fingerprint density at radius 3 is 2.41 bits per heavy atom. The topological polar surface area (TPSA) is 87.4 Å². The second kappa shape index (κ2) is 8.32. The minimum absolute atomic E-state index is 0.00605. The first-order chi connectivity index (χ1) is 13.7. The van der Waals surface area contributed by atoms with Crippen LogP contribution in [0.3, 0.4) is 0 Å². The van der Waals surface area contributed by atoms with Crippen LogP contribution in [-0.4, -0.2) is 23.7 Å². The van der Waals surface area contributed by atoms with Gasteiger partial charge in [0.25, 0.3) is 0 Å². The number of carbonyl (C=O) groups excluding carboxylic acids is 1. The van der Waals surface area contributed by atoms with Crippen molar-refractivity contribution in [1.82, 2.24) is 5.32 Å². The molecule has 156 valence electrons. The maximum absolute atomic E-state index is 13.8. The van der Waals surface area contributed by atoms with Crippen molar-refractivity contribution >= 4 is 17.3 Å². The number of hydrogen-bond acceptors (Lipinski definition) is 4. The molecule has 0 heterocycles. The average molecular weight is 407 g/mol. The number of halogens is 3. The number of carbonyl (C=O) groups is 1. The molecule has 1 fully saturated rings. The van der Waals surface area contributed by atoms with E-state index in [2.05, 4.69) is 10.6 Å². The van der Waals surface area contributed by atoms with Gasteiger partial charge in [-0.05, 0) is 48.4 Å². The van der Waals surface area contributed by atoms with Crippen LogP contribution in [-0.2, 0) is 17.5 Å². The largest absolute Gasteiger partial charge is 0.419 e. The Labute approximate surface area is 167 Å². The molecular formula is C21H24F3N3O2. The highest BCUT2D eigenvalue weighted by Gasteiger charge is 2.37. The van der Waals surface area contributed by atoms with Gasteiger partial charge in [-0.25, -0.2) is 0 Å². The van der Waals surface area contributed by atoms with Gasteiger partial charge in [-0.1, -0.05) is 30.3 Å². The summed E-state index contributed by atoms with van der Waals surface area (Å²) in [6.45, 7) is 2.14. The molecule has 0 radical (unpaired) electrons. The number of rotatable bonds is 7. The summed E-state index contributed by atoms with van der Waals surface area (Å²) in [5, 5.41) is 14.7. The molecule has 0 bridgehead atoms. The van der Waals surface area contributed by atoms with Crippen LogP contribution in [0.5, 0.6) is 0 Å². The lowest BCUT2D eigenvalue weighted by atomic mass is 9.96. The van der Waals surface area contributed by atoms with Gasteiger partial charge in [0.2, 0.25) is 5.91 Å². The van der Waals surface area contributed by atoms with Crippen LogP contribution in [0.25, 0.3) is 11.1 Å². The summed E-state index contributed by atoms with van der Waals surface area (Å²) in [7, 11) is 0. The highest BCUT2D eigenvalue weighted by atomic mass is 19.4. The molecule has 1 unspecified atom stereocenters. The number of benzene rings is 2. The monoisotopic (exact) mass is 407 g/mol. The van der Waals surface area contributed by atoms with Crippen LogP contribution in [0, 0.1) is 5.92 Å². The number of nitrogens with two attached hydrogens (primary N) is 1.